The van der Waals surface area contributed by atoms with E-state index in [2.05, 4.69) is 20.7 Å². The molecule has 0 amide bonds. The van der Waals surface area contributed by atoms with Crippen LogP contribution in [-0.2, 0) is 18.9 Å². The molecule has 0 bridgehead atoms. The lowest BCUT2D eigenvalue weighted by Crippen LogP contribution is -2.25. The van der Waals surface area contributed by atoms with Gasteiger partial charge in [-0.05, 0) is 91.9 Å². The van der Waals surface area contributed by atoms with Crippen molar-refractivity contribution in [2.75, 3.05) is 27.4 Å². The number of allylic oxidation sites excluding steroid dienone is 1. The number of carbonyl (C=O) groups excluding carboxylic acids is 2. The van der Waals surface area contributed by atoms with Crippen LogP contribution in [-0.4, -0.2) is 52.0 Å². The van der Waals surface area contributed by atoms with Crippen molar-refractivity contribution >= 4 is 33.9 Å². The Morgan fingerprint density at radius 3 is 1.77 bits per heavy atom. The van der Waals surface area contributed by atoms with Crippen LogP contribution in [0.25, 0.3) is 6.08 Å². The molecule has 2 aliphatic heterocycles. The third kappa shape index (κ3) is 9.67. The van der Waals surface area contributed by atoms with Gasteiger partial charge in [-0.2, -0.15) is 0 Å². The minimum absolute atomic E-state index is 0.195. The lowest BCUT2D eigenvalue weighted by atomic mass is 10.1. The molecular weight excluding hydrogens is 568 g/mol. The number of ether oxygens (including phenoxy) is 6. The largest absolute Gasteiger partial charge is 0.465 e. The summed E-state index contributed by atoms with van der Waals surface area (Å²) < 4.78 is 32.9. The van der Waals surface area contributed by atoms with Gasteiger partial charge in [0.05, 0.1) is 43.0 Å². The molecule has 0 aliphatic carbocycles. The van der Waals surface area contributed by atoms with E-state index in [-0.39, 0.29) is 24.5 Å². The molecule has 0 spiro atoms. The van der Waals surface area contributed by atoms with Gasteiger partial charge in [-0.25, -0.2) is 9.59 Å². The van der Waals surface area contributed by atoms with E-state index in [1.807, 2.05) is 19.9 Å². The molecule has 2 unspecified atom stereocenters. The number of hydrogen-bond donors (Lipinski definition) is 0. The van der Waals surface area contributed by atoms with Crippen LogP contribution >= 0.6 is 15.9 Å². The lowest BCUT2D eigenvalue weighted by molar-refractivity contribution is -0.106. The van der Waals surface area contributed by atoms with E-state index in [0.717, 1.165) is 73.1 Å². The van der Waals surface area contributed by atoms with Crippen LogP contribution in [0.1, 0.15) is 78.7 Å². The minimum atomic E-state index is -0.365. The van der Waals surface area contributed by atoms with Crippen molar-refractivity contribution in [3.8, 4) is 11.5 Å². The summed E-state index contributed by atoms with van der Waals surface area (Å²) in [6, 6.07) is 10.4. The fourth-order valence-corrected chi connectivity index (χ4v) is 4.53. The SMILES string of the molecule is COC(=O)c1ccc(OC2CCCCO2)c(Br)c1.COC(=O)c1ccc(OC2CCCCO2)c(C=C(C)C)c1. The average molecular weight is 606 g/mol. The fourth-order valence-electron chi connectivity index (χ4n) is 4.06. The van der Waals surface area contributed by atoms with Crippen molar-refractivity contribution in [1.29, 1.82) is 0 Å². The van der Waals surface area contributed by atoms with Crippen LogP contribution in [0.3, 0.4) is 0 Å². The topological polar surface area (TPSA) is 89.5 Å². The molecule has 4 rings (SSSR count). The van der Waals surface area contributed by atoms with Crippen LogP contribution in [0.5, 0.6) is 11.5 Å². The van der Waals surface area contributed by atoms with Crippen LogP contribution < -0.4 is 9.47 Å². The van der Waals surface area contributed by atoms with Gasteiger partial charge >= 0.3 is 11.9 Å². The predicted octanol–water partition coefficient (Wildman–Crippen LogP) is 6.94. The van der Waals surface area contributed by atoms with E-state index in [4.69, 9.17) is 23.7 Å². The van der Waals surface area contributed by atoms with Crippen molar-refractivity contribution in [3.05, 3.63) is 63.1 Å². The van der Waals surface area contributed by atoms with Gasteiger partial charge in [-0.3, -0.25) is 0 Å². The maximum absolute atomic E-state index is 11.6. The Bertz CT molecular complexity index is 1130. The highest BCUT2D eigenvalue weighted by Crippen LogP contribution is 2.29. The van der Waals surface area contributed by atoms with Crippen molar-refractivity contribution in [2.24, 2.45) is 0 Å². The number of benzene rings is 2. The second-order valence-electron chi connectivity index (χ2n) is 9.43. The Kier molecular flexibility index (Phi) is 12.3. The molecule has 2 aliphatic rings. The average Bonchev–Trinajstić information content (AvgIpc) is 2.95. The standard InChI is InChI=1S/C17H22O4.C13H15BrO4/c1-12(2)10-14-11-13(17(18)19-3)7-8-15(14)21-16-6-4-5-9-20-16;1-16-13(15)9-5-6-11(10(14)8-9)18-12-4-2-3-7-17-12/h7-8,10-11,16H,4-6,9H2,1-3H3;5-6,8,12H,2-4,7H2,1H3. The Morgan fingerprint density at radius 1 is 0.795 bits per heavy atom. The van der Waals surface area contributed by atoms with Crippen molar-refractivity contribution < 1.29 is 38.0 Å². The minimum Gasteiger partial charge on any atom is -0.465 e. The van der Waals surface area contributed by atoms with Crippen LogP contribution in [0.2, 0.25) is 0 Å². The maximum Gasteiger partial charge on any atom is 0.337 e. The first-order valence-corrected chi connectivity index (χ1v) is 13.9. The monoisotopic (exact) mass is 604 g/mol. The van der Waals surface area contributed by atoms with Gasteiger partial charge in [0.15, 0.2) is 12.6 Å². The molecular formula is C30H37BrO8. The van der Waals surface area contributed by atoms with E-state index in [1.54, 1.807) is 36.4 Å². The summed E-state index contributed by atoms with van der Waals surface area (Å²) in [6.07, 6.45) is 7.78. The number of halogens is 1. The highest BCUT2D eigenvalue weighted by atomic mass is 79.9. The van der Waals surface area contributed by atoms with E-state index in [0.29, 0.717) is 16.9 Å². The molecule has 9 heteroatoms. The first kappa shape index (κ1) is 30.7. The highest BCUT2D eigenvalue weighted by Gasteiger charge is 2.19. The quantitative estimate of drug-likeness (QED) is 0.314. The van der Waals surface area contributed by atoms with Gasteiger partial charge in [0.25, 0.3) is 0 Å². The van der Waals surface area contributed by atoms with Crippen molar-refractivity contribution in [3.63, 3.8) is 0 Å². The molecule has 8 nitrogen and oxygen atoms in total. The number of rotatable bonds is 7. The first-order chi connectivity index (χ1) is 18.8. The predicted molar refractivity (Wildman–Crippen MR) is 151 cm³/mol. The Balaban J connectivity index is 0.000000218. The zero-order valence-electron chi connectivity index (χ0n) is 23.0. The molecule has 2 fully saturated rings. The van der Waals surface area contributed by atoms with Gasteiger partial charge < -0.3 is 28.4 Å². The number of carbonyl (C=O) groups is 2. The van der Waals surface area contributed by atoms with Crippen LogP contribution in [0.15, 0.2) is 46.4 Å². The summed E-state index contributed by atoms with van der Waals surface area (Å²) >= 11 is 3.38. The Labute approximate surface area is 238 Å². The summed E-state index contributed by atoms with van der Waals surface area (Å²) in [7, 11) is 2.74. The molecule has 212 valence electrons. The second-order valence-corrected chi connectivity index (χ2v) is 10.3. The van der Waals surface area contributed by atoms with Gasteiger partial charge in [0.2, 0.25) is 0 Å². The molecule has 39 heavy (non-hydrogen) atoms. The van der Waals surface area contributed by atoms with Gasteiger partial charge in [-0.15, -0.1) is 0 Å². The zero-order valence-corrected chi connectivity index (χ0v) is 24.6. The van der Waals surface area contributed by atoms with Crippen LogP contribution in [0, 0.1) is 0 Å². The molecule has 2 atom stereocenters. The Hall–Kier alpha value is -2.88. The third-order valence-electron chi connectivity index (χ3n) is 6.02. The first-order valence-electron chi connectivity index (χ1n) is 13.1. The summed E-state index contributed by atoms with van der Waals surface area (Å²) in [4.78, 5) is 23.0. The fraction of sp³-hybridized carbons (Fsp3) is 0.467. The molecule has 2 saturated heterocycles. The molecule has 2 heterocycles. The molecule has 0 N–H and O–H groups in total. The van der Waals surface area contributed by atoms with Gasteiger partial charge in [-0.1, -0.05) is 11.6 Å². The summed E-state index contributed by atoms with van der Waals surface area (Å²) in [5.74, 6) is 0.695. The highest BCUT2D eigenvalue weighted by molar-refractivity contribution is 9.10. The van der Waals surface area contributed by atoms with Gasteiger partial charge in [0.1, 0.15) is 11.5 Å². The Morgan fingerprint density at radius 2 is 1.31 bits per heavy atom. The summed E-state index contributed by atoms with van der Waals surface area (Å²) in [6.45, 7) is 5.49. The smallest absolute Gasteiger partial charge is 0.337 e. The van der Waals surface area contributed by atoms with E-state index in [1.165, 1.54) is 14.2 Å². The lowest BCUT2D eigenvalue weighted by Gasteiger charge is -2.24. The summed E-state index contributed by atoms with van der Waals surface area (Å²) in [5, 5.41) is 0. The van der Waals surface area contributed by atoms with Crippen LogP contribution in [0.4, 0.5) is 0 Å². The third-order valence-corrected chi connectivity index (χ3v) is 6.64. The normalized spacial score (nSPS) is 18.6. The van der Waals surface area contributed by atoms with E-state index < -0.39 is 0 Å². The number of esters is 2. The molecule has 0 radical (unpaired) electrons. The summed E-state index contributed by atoms with van der Waals surface area (Å²) in [5.41, 5.74) is 3.00. The molecule has 0 saturated carbocycles. The maximum atomic E-state index is 11.6. The number of hydrogen-bond acceptors (Lipinski definition) is 8. The van der Waals surface area contributed by atoms with E-state index >= 15 is 0 Å². The molecule has 2 aromatic carbocycles. The zero-order chi connectivity index (χ0) is 28.2. The van der Waals surface area contributed by atoms with Gasteiger partial charge in [0, 0.05) is 18.4 Å². The second kappa shape index (κ2) is 15.6. The van der Waals surface area contributed by atoms with Crippen molar-refractivity contribution in [2.45, 2.75) is 65.0 Å². The number of methoxy groups -OCH3 is 2. The molecule has 0 aromatic heterocycles. The van der Waals surface area contributed by atoms with E-state index in [9.17, 15) is 9.59 Å². The van der Waals surface area contributed by atoms with Crippen molar-refractivity contribution in [1.82, 2.24) is 0 Å². The molecule has 2 aromatic rings.